The molecule has 0 unspecified atom stereocenters. The van der Waals surface area contributed by atoms with Crippen LogP contribution in [0.3, 0.4) is 0 Å². The van der Waals surface area contributed by atoms with E-state index in [1.165, 1.54) is 0 Å². The summed E-state index contributed by atoms with van der Waals surface area (Å²) in [4.78, 5) is 26.6. The number of piperidine rings is 1. The molecule has 0 spiro atoms. The van der Waals surface area contributed by atoms with E-state index < -0.39 is 0 Å². The number of rotatable bonds is 5. The molecule has 8 heteroatoms. The van der Waals surface area contributed by atoms with Crippen molar-refractivity contribution in [1.82, 2.24) is 24.5 Å². The van der Waals surface area contributed by atoms with E-state index in [1.807, 2.05) is 29.6 Å². The lowest BCUT2D eigenvalue weighted by molar-refractivity contribution is -0.117. The van der Waals surface area contributed by atoms with Gasteiger partial charge in [-0.05, 0) is 32.6 Å². The molecule has 1 aliphatic rings. The SMILES string of the molecule is CCn1cc(NC(=O)CC2CCN(C(=O)c3cnn(C)c3)CC2)c(C)n1. The van der Waals surface area contributed by atoms with Gasteiger partial charge in [0.15, 0.2) is 0 Å². The molecule has 0 aliphatic carbocycles. The van der Waals surface area contributed by atoms with Gasteiger partial charge in [-0.3, -0.25) is 19.0 Å². The van der Waals surface area contributed by atoms with Gasteiger partial charge in [0.1, 0.15) is 0 Å². The number of anilines is 1. The van der Waals surface area contributed by atoms with Crippen molar-refractivity contribution >= 4 is 17.5 Å². The highest BCUT2D eigenvalue weighted by Crippen LogP contribution is 2.23. The number of hydrogen-bond donors (Lipinski definition) is 1. The van der Waals surface area contributed by atoms with Crippen LogP contribution in [0.4, 0.5) is 5.69 Å². The molecule has 2 aromatic rings. The van der Waals surface area contributed by atoms with E-state index in [1.54, 1.807) is 24.1 Å². The number of aryl methyl sites for hydroxylation is 3. The summed E-state index contributed by atoms with van der Waals surface area (Å²) in [6.45, 7) is 6.04. The molecule has 1 N–H and O–H groups in total. The standard InChI is InChI=1S/C18H26N6O2/c1-4-24-12-16(13(2)21-24)20-17(25)9-14-5-7-23(8-6-14)18(26)15-10-19-22(3)11-15/h10-12,14H,4-9H2,1-3H3,(H,20,25). The molecule has 1 aliphatic heterocycles. The van der Waals surface area contributed by atoms with E-state index >= 15 is 0 Å². The van der Waals surface area contributed by atoms with Crippen LogP contribution in [-0.2, 0) is 18.4 Å². The first kappa shape index (κ1) is 18.2. The zero-order valence-electron chi connectivity index (χ0n) is 15.6. The second-order valence-corrected chi connectivity index (χ2v) is 6.87. The Morgan fingerprint density at radius 2 is 2.00 bits per heavy atom. The van der Waals surface area contributed by atoms with Crippen molar-refractivity contribution in [2.24, 2.45) is 13.0 Å². The van der Waals surface area contributed by atoms with Crippen molar-refractivity contribution in [3.63, 3.8) is 0 Å². The lowest BCUT2D eigenvalue weighted by atomic mass is 9.93. The Bertz CT molecular complexity index is 785. The summed E-state index contributed by atoms with van der Waals surface area (Å²) in [7, 11) is 1.80. The van der Waals surface area contributed by atoms with Crippen molar-refractivity contribution < 1.29 is 9.59 Å². The van der Waals surface area contributed by atoms with Crippen molar-refractivity contribution in [3.8, 4) is 0 Å². The Hall–Kier alpha value is -2.64. The summed E-state index contributed by atoms with van der Waals surface area (Å²) < 4.78 is 3.44. The Morgan fingerprint density at radius 3 is 2.58 bits per heavy atom. The highest BCUT2D eigenvalue weighted by Gasteiger charge is 2.26. The van der Waals surface area contributed by atoms with Gasteiger partial charge in [0.05, 0.1) is 23.1 Å². The van der Waals surface area contributed by atoms with E-state index in [-0.39, 0.29) is 11.8 Å². The molecular formula is C18H26N6O2. The molecule has 3 heterocycles. The van der Waals surface area contributed by atoms with Gasteiger partial charge in [-0.1, -0.05) is 0 Å². The predicted molar refractivity (Wildman–Crippen MR) is 97.7 cm³/mol. The number of nitrogens with zero attached hydrogens (tertiary/aromatic N) is 5. The number of amides is 2. The lowest BCUT2D eigenvalue weighted by Crippen LogP contribution is -2.39. The Labute approximate surface area is 153 Å². The quantitative estimate of drug-likeness (QED) is 0.883. The largest absolute Gasteiger partial charge is 0.339 e. The van der Waals surface area contributed by atoms with Gasteiger partial charge in [-0.25, -0.2) is 0 Å². The Balaban J connectivity index is 1.48. The van der Waals surface area contributed by atoms with Crippen LogP contribution in [0.5, 0.6) is 0 Å². The minimum atomic E-state index is 0.0146. The van der Waals surface area contributed by atoms with Crippen LogP contribution in [0, 0.1) is 12.8 Å². The van der Waals surface area contributed by atoms with E-state index in [9.17, 15) is 9.59 Å². The maximum Gasteiger partial charge on any atom is 0.257 e. The van der Waals surface area contributed by atoms with Gasteiger partial charge in [0.25, 0.3) is 5.91 Å². The van der Waals surface area contributed by atoms with Gasteiger partial charge >= 0.3 is 0 Å². The molecule has 0 atom stereocenters. The fourth-order valence-electron chi connectivity index (χ4n) is 3.32. The third-order valence-corrected chi connectivity index (χ3v) is 4.87. The Morgan fingerprint density at radius 1 is 1.27 bits per heavy atom. The molecular weight excluding hydrogens is 332 g/mol. The molecule has 2 aromatic heterocycles. The Kier molecular flexibility index (Phi) is 5.39. The summed E-state index contributed by atoms with van der Waals surface area (Å²) in [6, 6.07) is 0. The van der Waals surface area contributed by atoms with Crippen LogP contribution < -0.4 is 5.32 Å². The number of carbonyl (C=O) groups excluding carboxylic acids is 2. The minimum absolute atomic E-state index is 0.0146. The third kappa shape index (κ3) is 4.12. The first-order valence-corrected chi connectivity index (χ1v) is 9.08. The van der Waals surface area contributed by atoms with Crippen LogP contribution in [0.25, 0.3) is 0 Å². The van der Waals surface area contributed by atoms with E-state index in [0.717, 1.165) is 30.8 Å². The maximum atomic E-state index is 12.4. The summed E-state index contributed by atoms with van der Waals surface area (Å²) in [5, 5.41) is 11.4. The zero-order valence-corrected chi connectivity index (χ0v) is 15.6. The van der Waals surface area contributed by atoms with Crippen molar-refractivity contribution in [2.45, 2.75) is 39.7 Å². The normalized spacial score (nSPS) is 15.3. The second-order valence-electron chi connectivity index (χ2n) is 6.87. The fourth-order valence-corrected chi connectivity index (χ4v) is 3.32. The maximum absolute atomic E-state index is 12.4. The first-order chi connectivity index (χ1) is 12.5. The monoisotopic (exact) mass is 358 g/mol. The van der Waals surface area contributed by atoms with E-state index in [4.69, 9.17) is 0 Å². The zero-order chi connectivity index (χ0) is 18.7. The summed E-state index contributed by atoms with van der Waals surface area (Å²) >= 11 is 0. The first-order valence-electron chi connectivity index (χ1n) is 9.08. The average molecular weight is 358 g/mol. The number of nitrogens with one attached hydrogen (secondary N) is 1. The minimum Gasteiger partial charge on any atom is -0.339 e. The number of carbonyl (C=O) groups is 2. The van der Waals surface area contributed by atoms with Crippen LogP contribution in [0.1, 0.15) is 42.2 Å². The van der Waals surface area contributed by atoms with Gasteiger partial charge in [-0.2, -0.15) is 10.2 Å². The number of hydrogen-bond acceptors (Lipinski definition) is 4. The lowest BCUT2D eigenvalue weighted by Gasteiger charge is -2.31. The highest BCUT2D eigenvalue weighted by molar-refractivity contribution is 5.94. The van der Waals surface area contributed by atoms with E-state index in [2.05, 4.69) is 15.5 Å². The topological polar surface area (TPSA) is 85.0 Å². The smallest absolute Gasteiger partial charge is 0.257 e. The third-order valence-electron chi connectivity index (χ3n) is 4.87. The molecule has 2 amide bonds. The second kappa shape index (κ2) is 7.72. The molecule has 1 fully saturated rings. The summed E-state index contributed by atoms with van der Waals surface area (Å²) in [5.74, 6) is 0.332. The van der Waals surface area contributed by atoms with Crippen LogP contribution in [0.15, 0.2) is 18.6 Å². The number of aromatic nitrogens is 4. The summed E-state index contributed by atoms with van der Waals surface area (Å²) in [6.07, 6.45) is 7.36. The molecule has 0 saturated carbocycles. The summed E-state index contributed by atoms with van der Waals surface area (Å²) in [5.41, 5.74) is 2.23. The molecule has 0 aromatic carbocycles. The molecule has 1 saturated heterocycles. The average Bonchev–Trinajstić information content (AvgIpc) is 3.21. The van der Waals surface area contributed by atoms with Gasteiger partial charge in [0, 0.05) is 45.5 Å². The van der Waals surface area contributed by atoms with E-state index in [0.29, 0.717) is 31.0 Å². The molecule has 0 radical (unpaired) electrons. The molecule has 0 bridgehead atoms. The predicted octanol–water partition coefficient (Wildman–Crippen LogP) is 1.83. The fraction of sp³-hybridized carbons (Fsp3) is 0.556. The van der Waals surface area contributed by atoms with Gasteiger partial charge < -0.3 is 10.2 Å². The molecule has 26 heavy (non-hydrogen) atoms. The van der Waals surface area contributed by atoms with Crippen LogP contribution in [0.2, 0.25) is 0 Å². The van der Waals surface area contributed by atoms with Gasteiger partial charge in [-0.15, -0.1) is 0 Å². The van der Waals surface area contributed by atoms with Gasteiger partial charge in [0.2, 0.25) is 5.91 Å². The molecule has 8 nitrogen and oxygen atoms in total. The highest BCUT2D eigenvalue weighted by atomic mass is 16.2. The van der Waals surface area contributed by atoms with Crippen molar-refractivity contribution in [3.05, 3.63) is 29.8 Å². The van der Waals surface area contributed by atoms with Crippen LogP contribution >= 0.6 is 0 Å². The van der Waals surface area contributed by atoms with Crippen LogP contribution in [-0.4, -0.2) is 49.4 Å². The molecule has 3 rings (SSSR count). The van der Waals surface area contributed by atoms with Crippen molar-refractivity contribution in [2.75, 3.05) is 18.4 Å². The number of likely N-dealkylation sites (tertiary alicyclic amines) is 1. The molecule has 140 valence electrons. The van der Waals surface area contributed by atoms with Crippen molar-refractivity contribution in [1.29, 1.82) is 0 Å².